The van der Waals surface area contributed by atoms with E-state index in [1.165, 1.54) is 32.1 Å². The van der Waals surface area contributed by atoms with Crippen molar-refractivity contribution in [3.63, 3.8) is 0 Å². The summed E-state index contributed by atoms with van der Waals surface area (Å²) in [6, 6.07) is 4.63. The van der Waals surface area contributed by atoms with E-state index in [0.717, 1.165) is 24.8 Å². The molecule has 1 saturated carbocycles. The maximum Gasteiger partial charge on any atom is 0.117 e. The number of likely N-dealkylation sites (N-methyl/N-ethyl adjacent to an activating group) is 1. The maximum absolute atomic E-state index is 5.35. The van der Waals surface area contributed by atoms with Gasteiger partial charge in [-0.1, -0.05) is 19.3 Å². The van der Waals surface area contributed by atoms with Crippen LogP contribution in [-0.4, -0.2) is 31.6 Å². The number of hydrogen-bond donors (Lipinski definition) is 1. The molecule has 1 fully saturated rings. The standard InChI is InChI=1S/C15H26N2O/c1-17(2)15(13-7-4-3-5-8-13)12-16-11-14-9-6-10-18-14/h6,9-10,13,15-16H,3-5,7-8,11-12H2,1-2H3. The van der Waals surface area contributed by atoms with Crippen molar-refractivity contribution in [2.75, 3.05) is 20.6 Å². The predicted molar refractivity (Wildman–Crippen MR) is 74.5 cm³/mol. The van der Waals surface area contributed by atoms with Gasteiger partial charge in [-0.15, -0.1) is 0 Å². The molecule has 1 aliphatic rings. The first kappa shape index (κ1) is 13.6. The smallest absolute Gasteiger partial charge is 0.117 e. The molecule has 1 aromatic heterocycles. The van der Waals surface area contributed by atoms with E-state index in [-0.39, 0.29) is 0 Å². The summed E-state index contributed by atoms with van der Waals surface area (Å²) in [5.41, 5.74) is 0. The number of rotatable bonds is 6. The molecule has 1 aromatic rings. The molecule has 102 valence electrons. The Bertz CT molecular complexity index is 315. The second-order valence-corrected chi connectivity index (χ2v) is 5.64. The molecule has 1 N–H and O–H groups in total. The monoisotopic (exact) mass is 250 g/mol. The predicted octanol–water partition coefficient (Wildman–Crippen LogP) is 2.88. The van der Waals surface area contributed by atoms with Crippen LogP contribution in [0, 0.1) is 5.92 Å². The van der Waals surface area contributed by atoms with Gasteiger partial charge in [0, 0.05) is 12.6 Å². The summed E-state index contributed by atoms with van der Waals surface area (Å²) in [6.45, 7) is 1.89. The van der Waals surface area contributed by atoms with Crippen LogP contribution >= 0.6 is 0 Å². The van der Waals surface area contributed by atoms with E-state index in [0.29, 0.717) is 6.04 Å². The molecule has 0 aromatic carbocycles. The summed E-state index contributed by atoms with van der Waals surface area (Å²) < 4.78 is 5.35. The van der Waals surface area contributed by atoms with Crippen molar-refractivity contribution >= 4 is 0 Å². The summed E-state index contributed by atoms with van der Waals surface area (Å²) in [5, 5.41) is 3.53. The van der Waals surface area contributed by atoms with Gasteiger partial charge in [0.1, 0.15) is 5.76 Å². The van der Waals surface area contributed by atoms with Crippen LogP contribution in [0.5, 0.6) is 0 Å². The number of hydrogen-bond acceptors (Lipinski definition) is 3. The highest BCUT2D eigenvalue weighted by Gasteiger charge is 2.24. The quantitative estimate of drug-likeness (QED) is 0.841. The molecule has 3 nitrogen and oxygen atoms in total. The third-order valence-corrected chi connectivity index (χ3v) is 4.09. The Kier molecular flexibility index (Phi) is 5.26. The largest absolute Gasteiger partial charge is 0.468 e. The van der Waals surface area contributed by atoms with Crippen molar-refractivity contribution in [2.24, 2.45) is 5.92 Å². The van der Waals surface area contributed by atoms with Gasteiger partial charge in [-0.3, -0.25) is 0 Å². The van der Waals surface area contributed by atoms with Crippen molar-refractivity contribution in [2.45, 2.75) is 44.7 Å². The lowest BCUT2D eigenvalue weighted by atomic mass is 9.83. The Morgan fingerprint density at radius 2 is 2.11 bits per heavy atom. The van der Waals surface area contributed by atoms with Crippen LogP contribution in [0.1, 0.15) is 37.9 Å². The molecule has 0 bridgehead atoms. The van der Waals surface area contributed by atoms with Crippen LogP contribution in [0.2, 0.25) is 0 Å². The van der Waals surface area contributed by atoms with Gasteiger partial charge in [-0.25, -0.2) is 0 Å². The van der Waals surface area contributed by atoms with Crippen molar-refractivity contribution in [1.29, 1.82) is 0 Å². The van der Waals surface area contributed by atoms with Gasteiger partial charge >= 0.3 is 0 Å². The molecule has 0 spiro atoms. The number of nitrogens with one attached hydrogen (secondary N) is 1. The van der Waals surface area contributed by atoms with Crippen LogP contribution in [0.15, 0.2) is 22.8 Å². The first-order valence-electron chi connectivity index (χ1n) is 7.17. The van der Waals surface area contributed by atoms with E-state index in [9.17, 15) is 0 Å². The second kappa shape index (κ2) is 6.95. The molecule has 1 unspecified atom stereocenters. The molecule has 0 amide bonds. The molecular weight excluding hydrogens is 224 g/mol. The summed E-state index contributed by atoms with van der Waals surface area (Å²) in [4.78, 5) is 2.38. The van der Waals surface area contributed by atoms with Gasteiger partial charge in [-0.2, -0.15) is 0 Å². The third-order valence-electron chi connectivity index (χ3n) is 4.09. The summed E-state index contributed by atoms with van der Waals surface area (Å²) in [5.74, 6) is 1.88. The SMILES string of the molecule is CN(C)C(CNCc1ccco1)C1CCCCC1. The highest BCUT2D eigenvalue weighted by atomic mass is 16.3. The second-order valence-electron chi connectivity index (χ2n) is 5.64. The first-order valence-corrected chi connectivity index (χ1v) is 7.17. The van der Waals surface area contributed by atoms with Crippen LogP contribution in [0.4, 0.5) is 0 Å². The summed E-state index contributed by atoms with van der Waals surface area (Å²) in [7, 11) is 4.40. The molecule has 1 atom stereocenters. The van der Waals surface area contributed by atoms with Gasteiger partial charge in [0.05, 0.1) is 12.8 Å². The lowest BCUT2D eigenvalue weighted by Gasteiger charge is -2.35. The van der Waals surface area contributed by atoms with Gasteiger partial charge < -0.3 is 14.6 Å². The van der Waals surface area contributed by atoms with E-state index in [2.05, 4.69) is 24.3 Å². The topological polar surface area (TPSA) is 28.4 Å². The van der Waals surface area contributed by atoms with Gasteiger partial charge in [0.15, 0.2) is 0 Å². The highest BCUT2D eigenvalue weighted by Crippen LogP contribution is 2.28. The minimum Gasteiger partial charge on any atom is -0.468 e. The van der Waals surface area contributed by atoms with Gasteiger partial charge in [0.25, 0.3) is 0 Å². The maximum atomic E-state index is 5.35. The minimum atomic E-state index is 0.653. The Morgan fingerprint density at radius 3 is 2.72 bits per heavy atom. The van der Waals surface area contributed by atoms with Crippen LogP contribution in [0.25, 0.3) is 0 Å². The lowest BCUT2D eigenvalue weighted by molar-refractivity contribution is 0.165. The molecule has 3 heteroatoms. The Labute approximate surface area is 111 Å². The van der Waals surface area contributed by atoms with E-state index in [1.54, 1.807) is 6.26 Å². The van der Waals surface area contributed by atoms with Gasteiger partial charge in [-0.05, 0) is 45.0 Å². The zero-order valence-corrected chi connectivity index (χ0v) is 11.7. The van der Waals surface area contributed by atoms with E-state index < -0.39 is 0 Å². The number of nitrogens with zero attached hydrogens (tertiary/aromatic N) is 1. The minimum absolute atomic E-state index is 0.653. The molecule has 1 aliphatic carbocycles. The average Bonchev–Trinajstić information content (AvgIpc) is 2.88. The van der Waals surface area contributed by atoms with Crippen molar-refractivity contribution in [3.05, 3.63) is 24.2 Å². The number of furan rings is 1. The lowest BCUT2D eigenvalue weighted by Crippen LogP contribution is -2.43. The average molecular weight is 250 g/mol. The van der Waals surface area contributed by atoms with E-state index >= 15 is 0 Å². The highest BCUT2D eigenvalue weighted by molar-refractivity contribution is 4.97. The van der Waals surface area contributed by atoms with Crippen LogP contribution < -0.4 is 5.32 Å². The third kappa shape index (κ3) is 3.85. The molecule has 0 aliphatic heterocycles. The molecule has 0 saturated heterocycles. The first-order chi connectivity index (χ1) is 8.77. The van der Waals surface area contributed by atoms with E-state index in [1.807, 2.05) is 12.1 Å². The van der Waals surface area contributed by atoms with Crippen molar-refractivity contribution < 1.29 is 4.42 Å². The molecular formula is C15H26N2O. The van der Waals surface area contributed by atoms with Crippen molar-refractivity contribution in [3.8, 4) is 0 Å². The Hall–Kier alpha value is -0.800. The Balaban J connectivity index is 1.78. The fourth-order valence-corrected chi connectivity index (χ4v) is 3.05. The molecule has 2 rings (SSSR count). The van der Waals surface area contributed by atoms with Gasteiger partial charge in [0.2, 0.25) is 0 Å². The Morgan fingerprint density at radius 1 is 1.33 bits per heavy atom. The normalized spacial score (nSPS) is 19.3. The summed E-state index contributed by atoms with van der Waals surface area (Å²) in [6.07, 6.45) is 8.77. The van der Waals surface area contributed by atoms with Crippen molar-refractivity contribution in [1.82, 2.24) is 10.2 Å². The zero-order valence-electron chi connectivity index (χ0n) is 11.7. The zero-order chi connectivity index (χ0) is 12.8. The fourth-order valence-electron chi connectivity index (χ4n) is 3.05. The fraction of sp³-hybridized carbons (Fsp3) is 0.733. The molecule has 18 heavy (non-hydrogen) atoms. The van der Waals surface area contributed by atoms with Crippen LogP contribution in [0.3, 0.4) is 0 Å². The van der Waals surface area contributed by atoms with Crippen LogP contribution in [-0.2, 0) is 6.54 Å². The molecule has 0 radical (unpaired) electrons. The van der Waals surface area contributed by atoms with E-state index in [4.69, 9.17) is 4.42 Å². The molecule has 1 heterocycles. The summed E-state index contributed by atoms with van der Waals surface area (Å²) >= 11 is 0.